The van der Waals surface area contributed by atoms with Gasteiger partial charge in [0.25, 0.3) is 0 Å². The van der Waals surface area contributed by atoms with Crippen LogP contribution in [0.25, 0.3) is 22.0 Å². The van der Waals surface area contributed by atoms with Crippen molar-refractivity contribution in [1.29, 1.82) is 0 Å². The van der Waals surface area contributed by atoms with Gasteiger partial charge in [0, 0.05) is 41.1 Å². The minimum atomic E-state index is -4.72. The number of aryl methyl sites for hydroxylation is 2. The molecule has 1 aliphatic heterocycles. The van der Waals surface area contributed by atoms with E-state index in [1.807, 2.05) is 26.0 Å². The predicted octanol–water partition coefficient (Wildman–Crippen LogP) is 6.00. The molecule has 228 valence electrons. The van der Waals surface area contributed by atoms with Crippen LogP contribution in [0.2, 0.25) is 5.02 Å². The van der Waals surface area contributed by atoms with Crippen molar-refractivity contribution in [1.82, 2.24) is 24.4 Å². The van der Waals surface area contributed by atoms with Gasteiger partial charge in [-0.3, -0.25) is 14.4 Å². The molecule has 2 fully saturated rings. The van der Waals surface area contributed by atoms with Crippen molar-refractivity contribution in [2.75, 3.05) is 5.32 Å². The van der Waals surface area contributed by atoms with E-state index in [1.165, 1.54) is 11.8 Å². The average molecular weight is 625 g/mol. The largest absolute Gasteiger partial charge is 0.433 e. The number of carbonyl (C=O) groups is 3. The lowest BCUT2D eigenvalue weighted by molar-refractivity contribution is -0.141. The van der Waals surface area contributed by atoms with E-state index in [-0.39, 0.29) is 34.7 Å². The summed E-state index contributed by atoms with van der Waals surface area (Å²) in [6.07, 6.45) is 1.40. The van der Waals surface area contributed by atoms with E-state index in [0.29, 0.717) is 35.1 Å². The van der Waals surface area contributed by atoms with Crippen molar-refractivity contribution >= 4 is 45.9 Å². The van der Waals surface area contributed by atoms with Crippen LogP contribution in [0.1, 0.15) is 54.1 Å². The Hall–Kier alpha value is -4.32. The number of amides is 2. The minimum Gasteiger partial charge on any atom is -0.337 e. The molecule has 1 N–H and O–H groups in total. The first-order valence-electron chi connectivity index (χ1n) is 14.0. The minimum absolute atomic E-state index is 0.142. The third kappa shape index (κ3) is 5.21. The standard InChI is InChI=1S/C31H28ClF3N6O3/c1-15-7-18(19-11-36-17(3)37-12-19)8-20-21(16(2)42)13-40(27(15)20)14-26(43)41-23(9-30(4)10-25(30)41)29(44)39-28-22(32)5-6-24(38-28)31(33,34)35/h5-8,11-13,23,25H,9-10,14H2,1-4H3,(H,38,39,44)/t23-,25+,30-/m0/s1. The van der Waals surface area contributed by atoms with Crippen LogP contribution >= 0.6 is 11.6 Å². The first kappa shape index (κ1) is 29.7. The van der Waals surface area contributed by atoms with Gasteiger partial charge < -0.3 is 14.8 Å². The molecule has 2 aliphatic rings. The highest BCUT2D eigenvalue weighted by Crippen LogP contribution is 2.59. The van der Waals surface area contributed by atoms with Crippen LogP contribution < -0.4 is 5.32 Å². The molecule has 1 saturated heterocycles. The zero-order valence-electron chi connectivity index (χ0n) is 24.3. The zero-order valence-corrected chi connectivity index (χ0v) is 25.0. The molecule has 1 aromatic carbocycles. The van der Waals surface area contributed by atoms with Gasteiger partial charge in [0.15, 0.2) is 11.6 Å². The zero-order chi connectivity index (χ0) is 31.7. The SMILES string of the molecule is CC(=O)c1cn(CC(=O)N2[C@H](C(=O)Nc3nc(C(F)(F)F)ccc3Cl)C[C@@]3(C)C[C@@H]23)c2c(C)cc(-c3cnc(C)nc3)cc12. The molecule has 2 amide bonds. The number of rotatable bonds is 6. The lowest BCUT2D eigenvalue weighted by atomic mass is 10.0. The maximum absolute atomic E-state index is 13.9. The van der Waals surface area contributed by atoms with Gasteiger partial charge >= 0.3 is 6.18 Å². The van der Waals surface area contributed by atoms with Gasteiger partial charge in [0.1, 0.15) is 24.1 Å². The van der Waals surface area contributed by atoms with Crippen LogP contribution in [0.4, 0.5) is 19.0 Å². The molecule has 3 aromatic heterocycles. The molecular weight excluding hydrogens is 597 g/mol. The Morgan fingerprint density at radius 2 is 1.80 bits per heavy atom. The van der Waals surface area contributed by atoms with Crippen LogP contribution in [-0.2, 0) is 22.3 Å². The van der Waals surface area contributed by atoms with Gasteiger partial charge in [0.05, 0.1) is 10.5 Å². The van der Waals surface area contributed by atoms with Crippen LogP contribution in [0, 0.1) is 19.3 Å². The van der Waals surface area contributed by atoms with E-state index in [1.54, 1.807) is 30.1 Å². The van der Waals surface area contributed by atoms with Gasteiger partial charge in [-0.15, -0.1) is 0 Å². The fraction of sp³-hybridized carbons (Fsp3) is 0.355. The molecule has 13 heteroatoms. The van der Waals surface area contributed by atoms with Crippen molar-refractivity contribution < 1.29 is 27.6 Å². The Labute approximate surface area is 255 Å². The molecule has 0 unspecified atom stereocenters. The predicted molar refractivity (Wildman–Crippen MR) is 157 cm³/mol. The van der Waals surface area contributed by atoms with E-state index in [0.717, 1.165) is 28.8 Å². The number of nitrogens with zero attached hydrogens (tertiary/aromatic N) is 5. The maximum Gasteiger partial charge on any atom is 0.433 e. The molecule has 1 aliphatic carbocycles. The fourth-order valence-corrected chi connectivity index (χ4v) is 6.40. The summed E-state index contributed by atoms with van der Waals surface area (Å²) >= 11 is 6.06. The number of alkyl halides is 3. The molecule has 4 heterocycles. The second-order valence-electron chi connectivity index (χ2n) is 11.8. The quantitative estimate of drug-likeness (QED) is 0.263. The summed E-state index contributed by atoms with van der Waals surface area (Å²) in [5, 5.41) is 2.94. The van der Waals surface area contributed by atoms with Crippen LogP contribution in [0.15, 0.2) is 42.9 Å². The van der Waals surface area contributed by atoms with Gasteiger partial charge in [-0.05, 0) is 74.4 Å². The van der Waals surface area contributed by atoms with E-state index in [2.05, 4.69) is 20.3 Å². The number of pyridine rings is 1. The van der Waals surface area contributed by atoms with E-state index in [9.17, 15) is 27.6 Å². The van der Waals surface area contributed by atoms with Crippen LogP contribution in [0.3, 0.4) is 0 Å². The van der Waals surface area contributed by atoms with Crippen molar-refractivity contribution in [3.05, 3.63) is 70.5 Å². The van der Waals surface area contributed by atoms with Crippen molar-refractivity contribution in [2.45, 2.75) is 65.3 Å². The maximum atomic E-state index is 13.9. The average Bonchev–Trinajstić information content (AvgIpc) is 3.30. The number of likely N-dealkylation sites (tertiary alicyclic amines) is 1. The molecule has 0 radical (unpaired) electrons. The Kier molecular flexibility index (Phi) is 7.03. The van der Waals surface area contributed by atoms with Gasteiger partial charge in [-0.25, -0.2) is 15.0 Å². The molecule has 9 nitrogen and oxygen atoms in total. The number of nitrogens with one attached hydrogen (secondary N) is 1. The Morgan fingerprint density at radius 1 is 1.09 bits per heavy atom. The highest BCUT2D eigenvalue weighted by atomic mass is 35.5. The fourth-order valence-electron chi connectivity index (χ4n) is 6.24. The third-order valence-corrected chi connectivity index (χ3v) is 8.87. The molecule has 4 aromatic rings. The second-order valence-corrected chi connectivity index (χ2v) is 12.3. The highest BCUT2D eigenvalue weighted by Gasteiger charge is 2.64. The summed E-state index contributed by atoms with van der Waals surface area (Å²) in [5.41, 5.74) is 2.12. The summed E-state index contributed by atoms with van der Waals surface area (Å²) in [7, 11) is 0. The lowest BCUT2D eigenvalue weighted by Crippen LogP contribution is -2.46. The van der Waals surface area contributed by atoms with E-state index in [4.69, 9.17) is 11.6 Å². The first-order chi connectivity index (χ1) is 20.7. The third-order valence-electron chi connectivity index (χ3n) is 8.57. The Morgan fingerprint density at radius 3 is 2.45 bits per heavy atom. The normalized spacial score (nSPS) is 21.0. The molecule has 44 heavy (non-hydrogen) atoms. The number of fused-ring (bicyclic) bond motifs is 2. The smallest absolute Gasteiger partial charge is 0.337 e. The van der Waals surface area contributed by atoms with Gasteiger partial charge in [0.2, 0.25) is 11.8 Å². The number of Topliss-reactive ketones (excluding diaryl/α,β-unsaturated/α-hetero) is 1. The van der Waals surface area contributed by atoms with Crippen molar-refractivity contribution in [3.63, 3.8) is 0 Å². The topological polar surface area (TPSA) is 110 Å². The van der Waals surface area contributed by atoms with Crippen molar-refractivity contribution in [3.8, 4) is 11.1 Å². The second kappa shape index (κ2) is 10.4. The number of aromatic nitrogens is 4. The summed E-state index contributed by atoms with van der Waals surface area (Å²) < 4.78 is 41.4. The van der Waals surface area contributed by atoms with Gasteiger partial charge in [-0.1, -0.05) is 18.5 Å². The number of hydrogen-bond acceptors (Lipinski definition) is 6. The molecule has 6 rings (SSSR count). The number of carbonyl (C=O) groups excluding carboxylic acids is 3. The van der Waals surface area contributed by atoms with E-state index < -0.39 is 29.6 Å². The Balaban J connectivity index is 1.30. The number of halogens is 4. The van der Waals surface area contributed by atoms with Crippen molar-refractivity contribution in [2.24, 2.45) is 5.41 Å². The first-order valence-corrected chi connectivity index (χ1v) is 14.3. The lowest BCUT2D eigenvalue weighted by Gasteiger charge is -2.27. The Bertz CT molecular complexity index is 1860. The number of hydrogen-bond donors (Lipinski definition) is 1. The summed E-state index contributed by atoms with van der Waals surface area (Å²) in [5.74, 6) is -0.963. The highest BCUT2D eigenvalue weighted by molar-refractivity contribution is 6.33. The molecule has 1 saturated carbocycles. The molecule has 3 atom stereocenters. The molecular formula is C31H28ClF3N6O3. The monoisotopic (exact) mass is 624 g/mol. The van der Waals surface area contributed by atoms with E-state index >= 15 is 0 Å². The summed E-state index contributed by atoms with van der Waals surface area (Å²) in [6, 6.07) is 4.45. The number of piperidine rings is 1. The molecule has 0 bridgehead atoms. The summed E-state index contributed by atoms with van der Waals surface area (Å²) in [4.78, 5) is 53.5. The van der Waals surface area contributed by atoms with Gasteiger partial charge in [-0.2, -0.15) is 13.2 Å². The number of ketones is 1. The number of benzene rings is 1. The molecule has 0 spiro atoms. The van der Waals surface area contributed by atoms with Crippen LogP contribution in [-0.4, -0.2) is 54.1 Å². The summed E-state index contributed by atoms with van der Waals surface area (Å²) in [6.45, 7) is 6.97. The van der Waals surface area contributed by atoms with Crippen LogP contribution in [0.5, 0.6) is 0 Å². The number of anilines is 1.